The highest BCUT2D eigenvalue weighted by molar-refractivity contribution is 7.99. The van der Waals surface area contributed by atoms with E-state index < -0.39 is 6.10 Å². The predicted octanol–water partition coefficient (Wildman–Crippen LogP) is 1.59. The normalized spacial score (nSPS) is 12.8. The van der Waals surface area contributed by atoms with Crippen molar-refractivity contribution >= 4 is 39.1 Å². The van der Waals surface area contributed by atoms with Crippen LogP contribution in [0.3, 0.4) is 0 Å². The van der Waals surface area contributed by atoms with E-state index in [-0.39, 0.29) is 12.5 Å². The van der Waals surface area contributed by atoms with Gasteiger partial charge in [-0.1, -0.05) is 0 Å². The van der Waals surface area contributed by atoms with Crippen molar-refractivity contribution in [3.63, 3.8) is 0 Å². The van der Waals surface area contributed by atoms with E-state index in [4.69, 9.17) is 5.11 Å². The molecule has 2 aromatic heterocycles. The molecule has 2 rings (SSSR count). The lowest BCUT2D eigenvalue weighted by atomic mass is 10.4. The number of aliphatic hydroxyl groups excluding tert-OH is 2. The molecule has 2 heterocycles. The van der Waals surface area contributed by atoms with Gasteiger partial charge < -0.3 is 20.1 Å². The number of thioether (sulfide) groups is 1. The number of hydrogen-bond acceptors (Lipinski definition) is 5. The molecule has 0 aliphatic heterocycles. The molecule has 0 radical (unpaired) electrons. The molecule has 7 heteroatoms. The number of aryl methyl sites for hydroxylation is 1. The first-order valence-electron chi connectivity index (χ1n) is 6.77. The Hall–Kier alpha value is -1.02. The standard InChI is InChI=1S/C14H20N2O3S2/c1-9-13-12(3-6-20-13)14(21-8-11(19)7-17)16(9)5-4-15-10(2)18/h3,6,11,17,19H,4-5,7-8H2,1-2H3,(H,15,18). The predicted molar refractivity (Wildman–Crippen MR) is 87.1 cm³/mol. The third-order valence-corrected chi connectivity index (χ3v) is 5.50. The number of nitrogens with one attached hydrogen (secondary N) is 1. The van der Waals surface area contributed by atoms with E-state index >= 15 is 0 Å². The van der Waals surface area contributed by atoms with Crippen molar-refractivity contribution in [1.82, 2.24) is 9.88 Å². The number of thiophene rings is 1. The van der Waals surface area contributed by atoms with Crippen molar-refractivity contribution in [3.05, 3.63) is 17.1 Å². The second-order valence-electron chi connectivity index (χ2n) is 4.84. The van der Waals surface area contributed by atoms with Crippen LogP contribution in [0, 0.1) is 6.92 Å². The second-order valence-corrected chi connectivity index (χ2v) is 6.76. The highest BCUT2D eigenvalue weighted by Crippen LogP contribution is 2.36. The first-order chi connectivity index (χ1) is 10.0. The zero-order valence-electron chi connectivity index (χ0n) is 12.1. The lowest BCUT2D eigenvalue weighted by molar-refractivity contribution is -0.118. The molecule has 0 fully saturated rings. The van der Waals surface area contributed by atoms with Crippen LogP contribution in [0.1, 0.15) is 12.6 Å². The molecular weight excluding hydrogens is 308 g/mol. The van der Waals surface area contributed by atoms with Gasteiger partial charge in [0.1, 0.15) is 0 Å². The molecule has 0 saturated carbocycles. The zero-order chi connectivity index (χ0) is 15.4. The molecule has 0 aliphatic carbocycles. The number of nitrogens with zero attached hydrogens (tertiary/aromatic N) is 1. The molecule has 1 unspecified atom stereocenters. The fourth-order valence-corrected chi connectivity index (χ4v) is 4.32. The summed E-state index contributed by atoms with van der Waals surface area (Å²) in [5.41, 5.74) is 1.17. The van der Waals surface area contributed by atoms with E-state index in [0.717, 1.165) is 5.03 Å². The van der Waals surface area contributed by atoms with Crippen LogP contribution < -0.4 is 5.32 Å². The van der Waals surface area contributed by atoms with Gasteiger partial charge in [-0.15, -0.1) is 23.1 Å². The minimum Gasteiger partial charge on any atom is -0.394 e. The summed E-state index contributed by atoms with van der Waals surface area (Å²) in [4.78, 5) is 11.0. The number of hydrogen-bond donors (Lipinski definition) is 3. The van der Waals surface area contributed by atoms with Gasteiger partial charge >= 0.3 is 0 Å². The maximum absolute atomic E-state index is 11.0. The number of amides is 1. The smallest absolute Gasteiger partial charge is 0.216 e. The van der Waals surface area contributed by atoms with Crippen molar-refractivity contribution in [2.45, 2.75) is 31.5 Å². The maximum atomic E-state index is 11.0. The van der Waals surface area contributed by atoms with Gasteiger partial charge in [-0.05, 0) is 18.4 Å². The van der Waals surface area contributed by atoms with Gasteiger partial charge in [-0.25, -0.2) is 0 Å². The molecule has 3 N–H and O–H groups in total. The number of carbonyl (C=O) groups excluding carboxylic acids is 1. The molecular formula is C14H20N2O3S2. The lowest BCUT2D eigenvalue weighted by Gasteiger charge is -2.13. The molecule has 5 nitrogen and oxygen atoms in total. The summed E-state index contributed by atoms with van der Waals surface area (Å²) < 4.78 is 3.41. The Bertz CT molecular complexity index is 621. The number of rotatable bonds is 7. The van der Waals surface area contributed by atoms with Gasteiger partial charge in [0.2, 0.25) is 5.91 Å². The van der Waals surface area contributed by atoms with Gasteiger partial charge in [0, 0.05) is 36.8 Å². The largest absolute Gasteiger partial charge is 0.394 e. The van der Waals surface area contributed by atoms with Crippen molar-refractivity contribution in [2.75, 3.05) is 18.9 Å². The second kappa shape index (κ2) is 7.31. The topological polar surface area (TPSA) is 74.5 Å². The van der Waals surface area contributed by atoms with Crippen LogP contribution in [0.4, 0.5) is 0 Å². The van der Waals surface area contributed by atoms with E-state index in [9.17, 15) is 9.90 Å². The minimum absolute atomic E-state index is 0.0356. The zero-order valence-corrected chi connectivity index (χ0v) is 13.8. The number of fused-ring (bicyclic) bond motifs is 1. The van der Waals surface area contributed by atoms with E-state index in [1.165, 1.54) is 22.7 Å². The Morgan fingerprint density at radius 3 is 3.00 bits per heavy atom. The molecule has 0 bridgehead atoms. The van der Waals surface area contributed by atoms with Crippen LogP contribution in [-0.2, 0) is 11.3 Å². The fourth-order valence-electron chi connectivity index (χ4n) is 2.17. The molecule has 1 amide bonds. The Morgan fingerprint density at radius 1 is 1.57 bits per heavy atom. The average molecular weight is 328 g/mol. The third kappa shape index (κ3) is 3.79. The molecule has 116 valence electrons. The Kier molecular flexibility index (Phi) is 5.69. The molecule has 0 saturated heterocycles. The maximum Gasteiger partial charge on any atom is 0.216 e. The Labute approximate surface area is 132 Å². The van der Waals surface area contributed by atoms with E-state index in [1.807, 2.05) is 0 Å². The van der Waals surface area contributed by atoms with Gasteiger partial charge in [-0.2, -0.15) is 0 Å². The summed E-state index contributed by atoms with van der Waals surface area (Å²) >= 11 is 3.24. The van der Waals surface area contributed by atoms with Crippen LogP contribution in [0.2, 0.25) is 0 Å². The van der Waals surface area contributed by atoms with E-state index in [1.54, 1.807) is 23.1 Å². The first kappa shape index (κ1) is 16.4. The molecule has 2 aromatic rings. The van der Waals surface area contributed by atoms with Gasteiger partial charge in [0.25, 0.3) is 0 Å². The van der Waals surface area contributed by atoms with Crippen molar-refractivity contribution in [1.29, 1.82) is 0 Å². The van der Waals surface area contributed by atoms with Crippen LogP contribution >= 0.6 is 23.1 Å². The van der Waals surface area contributed by atoms with Crippen LogP contribution in [0.15, 0.2) is 16.5 Å². The lowest BCUT2D eigenvalue weighted by Crippen LogP contribution is -2.25. The quantitative estimate of drug-likeness (QED) is 0.675. The number of aromatic nitrogens is 1. The molecule has 1 atom stereocenters. The molecule has 0 spiro atoms. The summed E-state index contributed by atoms with van der Waals surface area (Å²) in [5, 5.41) is 25.6. The van der Waals surface area contributed by atoms with Crippen molar-refractivity contribution in [2.24, 2.45) is 0 Å². The highest BCUT2D eigenvalue weighted by atomic mass is 32.2. The van der Waals surface area contributed by atoms with Crippen LogP contribution in [0.25, 0.3) is 10.1 Å². The summed E-state index contributed by atoms with van der Waals surface area (Å²) in [6.45, 7) is 4.62. The fraction of sp³-hybridized carbons (Fsp3) is 0.500. The monoisotopic (exact) mass is 328 g/mol. The van der Waals surface area contributed by atoms with Crippen LogP contribution in [-0.4, -0.2) is 45.7 Å². The Morgan fingerprint density at radius 2 is 2.33 bits per heavy atom. The SMILES string of the molecule is CC(=O)NCCn1c(SCC(O)CO)c2ccsc2c1C. The summed E-state index contributed by atoms with van der Waals surface area (Å²) in [6.07, 6.45) is -0.720. The van der Waals surface area contributed by atoms with E-state index in [0.29, 0.717) is 18.8 Å². The summed E-state index contributed by atoms with van der Waals surface area (Å²) in [5.74, 6) is 0.414. The van der Waals surface area contributed by atoms with Crippen LogP contribution in [0.5, 0.6) is 0 Å². The third-order valence-electron chi connectivity index (χ3n) is 3.21. The molecule has 0 aromatic carbocycles. The highest BCUT2D eigenvalue weighted by Gasteiger charge is 2.16. The van der Waals surface area contributed by atoms with Crippen molar-refractivity contribution < 1.29 is 15.0 Å². The molecule has 0 aliphatic rings. The average Bonchev–Trinajstić information content (AvgIpc) is 3.01. The first-order valence-corrected chi connectivity index (χ1v) is 8.63. The summed E-state index contributed by atoms with van der Waals surface area (Å²) in [7, 11) is 0. The molecule has 21 heavy (non-hydrogen) atoms. The van der Waals surface area contributed by atoms with Gasteiger partial charge in [-0.3, -0.25) is 4.79 Å². The Balaban J connectivity index is 2.22. The van der Waals surface area contributed by atoms with E-state index in [2.05, 4.69) is 28.3 Å². The van der Waals surface area contributed by atoms with Crippen molar-refractivity contribution in [3.8, 4) is 0 Å². The summed E-state index contributed by atoms with van der Waals surface area (Å²) in [6, 6.07) is 2.08. The minimum atomic E-state index is -0.720. The van der Waals surface area contributed by atoms with Gasteiger partial charge in [0.05, 0.1) is 22.4 Å². The number of aliphatic hydroxyl groups is 2. The number of carbonyl (C=O) groups is 1. The van der Waals surface area contributed by atoms with Gasteiger partial charge in [0.15, 0.2) is 0 Å².